The molecule has 25 heteroatoms. The predicted octanol–water partition coefficient (Wildman–Crippen LogP) is 0.597. The molecule has 0 aliphatic heterocycles. The van der Waals surface area contributed by atoms with Crippen LogP contribution in [0.15, 0.2) is 115 Å². The number of aliphatic carboxylic acids is 2. The summed E-state index contributed by atoms with van der Waals surface area (Å²) in [5.41, 5.74) is 20.0. The summed E-state index contributed by atoms with van der Waals surface area (Å²) in [6, 6.07) is 17.9. The summed E-state index contributed by atoms with van der Waals surface area (Å²) in [6.07, 6.45) is 1.86. The Morgan fingerprint density at radius 1 is 0.442 bits per heavy atom. The molecule has 18 N–H and O–H groups in total. The molecule has 9 atom stereocenters. The standard InChI is InChI=1S/C61H80N12O13/c1-36(64)53(77)70-49(32-39-17-7-4-8-18-39)59(83)72-50(33-40-23-25-42(74)26-24-40)58(82)68-46(27-28-52(75)76)56(80)73-51(34-41-35-65-44-20-10-9-19-43(41)44)60(84)71-48(31-38-15-5-3-6-16-38)57(81)66-37(2)54(78)67-45(21-11-13-29-62)55(79)69-47(61(85)86)22-12-14-30-63/h3-10,15-20,23-26,35-37,45-51,65,74H,11-14,21-22,27-34,62-64H2,1-2H3,(H,66,81)(H,67,78)(H,68,82)(H,69,79)(H,70,77)(H,71,84)(H,72,83)(H,73,80)(H,75,76)(H,85,86)/t36-,37-,45-,46-,47-,48-,49-,50-,51-/m0/s1. The number of aromatic amines is 1. The normalized spacial score (nSPS) is 14.2. The number of nitrogens with two attached hydrogens (primary N) is 3. The molecule has 0 saturated heterocycles. The lowest BCUT2D eigenvalue weighted by atomic mass is 10.0. The quantitative estimate of drug-likeness (QED) is 0.0244. The third-order valence-corrected chi connectivity index (χ3v) is 14.2. The van der Waals surface area contributed by atoms with Crippen LogP contribution in [0.4, 0.5) is 0 Å². The number of aromatic hydroxyl groups is 1. The highest BCUT2D eigenvalue weighted by atomic mass is 16.4. The molecular weight excluding hydrogens is 1110 g/mol. The van der Waals surface area contributed by atoms with E-state index >= 15 is 0 Å². The Balaban J connectivity index is 1.44. The van der Waals surface area contributed by atoms with Gasteiger partial charge >= 0.3 is 11.9 Å². The first-order chi connectivity index (χ1) is 41.1. The number of phenols is 1. The van der Waals surface area contributed by atoms with Gasteiger partial charge in [-0.1, -0.05) is 91.0 Å². The molecule has 1 heterocycles. The van der Waals surface area contributed by atoms with Gasteiger partial charge in [0.05, 0.1) is 6.04 Å². The van der Waals surface area contributed by atoms with Gasteiger partial charge < -0.3 is 80.0 Å². The van der Waals surface area contributed by atoms with Crippen molar-refractivity contribution in [2.45, 2.75) is 145 Å². The maximum atomic E-state index is 14.9. The molecule has 462 valence electrons. The van der Waals surface area contributed by atoms with Crippen LogP contribution in [0, 0.1) is 0 Å². The molecule has 0 unspecified atom stereocenters. The first kappa shape index (κ1) is 67.6. The highest BCUT2D eigenvalue weighted by Crippen LogP contribution is 2.20. The van der Waals surface area contributed by atoms with Gasteiger partial charge in [-0.15, -0.1) is 0 Å². The lowest BCUT2D eigenvalue weighted by Gasteiger charge is -2.28. The van der Waals surface area contributed by atoms with Gasteiger partial charge in [0.25, 0.3) is 0 Å². The monoisotopic (exact) mass is 1190 g/mol. The fourth-order valence-electron chi connectivity index (χ4n) is 9.31. The Labute approximate surface area is 498 Å². The Kier molecular flexibility index (Phi) is 27.2. The number of carbonyl (C=O) groups is 10. The van der Waals surface area contributed by atoms with Gasteiger partial charge in [-0.3, -0.25) is 43.2 Å². The van der Waals surface area contributed by atoms with Crippen molar-refractivity contribution in [3.8, 4) is 5.75 Å². The third-order valence-electron chi connectivity index (χ3n) is 14.2. The van der Waals surface area contributed by atoms with Crippen LogP contribution in [-0.2, 0) is 73.6 Å². The summed E-state index contributed by atoms with van der Waals surface area (Å²) in [5, 5.41) is 51.5. The molecular formula is C61H80N12O13. The molecule has 8 amide bonds. The smallest absolute Gasteiger partial charge is 0.326 e. The van der Waals surface area contributed by atoms with Crippen LogP contribution >= 0.6 is 0 Å². The average Bonchev–Trinajstić information content (AvgIpc) is 3.78. The molecule has 0 aliphatic carbocycles. The summed E-state index contributed by atoms with van der Waals surface area (Å²) in [6.45, 7) is 3.39. The third kappa shape index (κ3) is 22.1. The molecule has 5 rings (SSSR count). The lowest BCUT2D eigenvalue weighted by molar-refractivity contribution is -0.142. The molecule has 86 heavy (non-hydrogen) atoms. The summed E-state index contributed by atoms with van der Waals surface area (Å²) in [5.74, 6) is -9.48. The molecule has 0 aliphatic rings. The van der Waals surface area contributed by atoms with E-state index in [9.17, 15) is 63.3 Å². The van der Waals surface area contributed by atoms with E-state index in [2.05, 4.69) is 47.5 Å². The Bertz CT molecular complexity index is 3070. The van der Waals surface area contributed by atoms with Crippen LogP contribution in [0.1, 0.15) is 87.5 Å². The van der Waals surface area contributed by atoms with Crippen LogP contribution in [0.2, 0.25) is 0 Å². The van der Waals surface area contributed by atoms with Crippen LogP contribution in [0.3, 0.4) is 0 Å². The van der Waals surface area contributed by atoms with E-state index in [1.807, 2.05) is 0 Å². The van der Waals surface area contributed by atoms with E-state index in [0.29, 0.717) is 65.4 Å². The number of para-hydroxylation sites is 1. The molecule has 0 bridgehead atoms. The minimum Gasteiger partial charge on any atom is -0.508 e. The zero-order valence-corrected chi connectivity index (χ0v) is 48.2. The number of hydrogen-bond donors (Lipinski definition) is 15. The van der Waals surface area contributed by atoms with Crippen molar-refractivity contribution in [3.05, 3.63) is 138 Å². The second kappa shape index (κ2) is 34.5. The number of fused-ring (bicyclic) bond motifs is 1. The Morgan fingerprint density at radius 2 is 0.837 bits per heavy atom. The number of carboxylic acid groups (broad SMARTS) is 2. The zero-order chi connectivity index (χ0) is 62.7. The highest BCUT2D eigenvalue weighted by Gasteiger charge is 2.35. The number of H-pyrrole nitrogens is 1. The zero-order valence-electron chi connectivity index (χ0n) is 48.2. The van der Waals surface area contributed by atoms with E-state index < -0.39 is 126 Å². The number of amides is 8. The molecule has 0 saturated carbocycles. The Morgan fingerprint density at radius 3 is 1.33 bits per heavy atom. The second-order valence-electron chi connectivity index (χ2n) is 21.1. The van der Waals surface area contributed by atoms with Crippen LogP contribution in [0.25, 0.3) is 10.9 Å². The van der Waals surface area contributed by atoms with Crippen molar-refractivity contribution in [2.24, 2.45) is 17.2 Å². The van der Waals surface area contributed by atoms with Crippen molar-refractivity contribution in [1.82, 2.24) is 47.5 Å². The van der Waals surface area contributed by atoms with Crippen molar-refractivity contribution < 1.29 is 63.3 Å². The van der Waals surface area contributed by atoms with E-state index in [-0.39, 0.29) is 50.8 Å². The highest BCUT2D eigenvalue weighted by molar-refractivity contribution is 5.99. The van der Waals surface area contributed by atoms with Gasteiger partial charge in [-0.05, 0) is 112 Å². The molecule has 0 spiro atoms. The molecule has 5 aromatic rings. The number of unbranched alkanes of at least 4 members (excludes halogenated alkanes) is 2. The average molecular weight is 1190 g/mol. The van der Waals surface area contributed by atoms with Crippen LogP contribution in [0.5, 0.6) is 5.75 Å². The summed E-state index contributed by atoms with van der Waals surface area (Å²) >= 11 is 0. The number of benzene rings is 4. The van der Waals surface area contributed by atoms with Crippen molar-refractivity contribution in [1.29, 1.82) is 0 Å². The number of nitrogens with one attached hydrogen (secondary N) is 9. The molecule has 1 aromatic heterocycles. The summed E-state index contributed by atoms with van der Waals surface area (Å²) in [4.78, 5) is 141. The van der Waals surface area contributed by atoms with Gasteiger partial charge in [0.2, 0.25) is 47.3 Å². The first-order valence-corrected chi connectivity index (χ1v) is 28.6. The van der Waals surface area contributed by atoms with Crippen molar-refractivity contribution >= 4 is 70.1 Å². The fraction of sp³-hybridized carbons (Fsp3) is 0.410. The second-order valence-corrected chi connectivity index (χ2v) is 21.1. The van der Waals surface area contributed by atoms with E-state index in [0.717, 1.165) is 0 Å². The minimum absolute atomic E-state index is 0.0183. The largest absolute Gasteiger partial charge is 0.508 e. The van der Waals surface area contributed by atoms with Crippen LogP contribution in [-0.4, -0.2) is 147 Å². The number of hydrogen-bond acceptors (Lipinski definition) is 14. The number of carbonyl (C=O) groups excluding carboxylic acids is 8. The topological polar surface area (TPSA) is 421 Å². The fourth-order valence-corrected chi connectivity index (χ4v) is 9.31. The minimum atomic E-state index is -1.68. The Hall–Kier alpha value is -9.20. The number of aromatic nitrogens is 1. The number of rotatable bonds is 36. The van der Waals surface area contributed by atoms with E-state index in [4.69, 9.17) is 17.2 Å². The van der Waals surface area contributed by atoms with Crippen molar-refractivity contribution in [3.63, 3.8) is 0 Å². The van der Waals surface area contributed by atoms with Gasteiger partial charge in [-0.2, -0.15) is 0 Å². The molecule has 0 fully saturated rings. The van der Waals surface area contributed by atoms with Crippen LogP contribution < -0.4 is 59.7 Å². The van der Waals surface area contributed by atoms with Gasteiger partial charge in [0.15, 0.2) is 0 Å². The van der Waals surface area contributed by atoms with E-state index in [1.54, 1.807) is 91.1 Å². The molecule has 4 aromatic carbocycles. The number of carboxylic acids is 2. The predicted molar refractivity (Wildman–Crippen MR) is 319 cm³/mol. The summed E-state index contributed by atoms with van der Waals surface area (Å²) < 4.78 is 0. The summed E-state index contributed by atoms with van der Waals surface area (Å²) in [7, 11) is 0. The first-order valence-electron chi connectivity index (χ1n) is 28.6. The van der Waals surface area contributed by atoms with Gasteiger partial charge in [0, 0.05) is 49.2 Å². The molecule has 25 nitrogen and oxygen atoms in total. The molecule has 0 radical (unpaired) electrons. The SMILES string of the molecule is C[C@H](N)C(=O)N[C@@H](Cc1ccccc1)C(=O)N[C@@H](Cc1ccc(O)cc1)C(=O)N[C@@H](CCC(=O)O)C(=O)N[C@@H](Cc1c[nH]c2ccccc12)C(=O)N[C@@H](Cc1ccccc1)C(=O)N[C@@H](C)C(=O)N[C@@H](CCCCN)C(=O)N[C@@H](CCCCN)C(=O)O. The van der Waals surface area contributed by atoms with Crippen molar-refractivity contribution in [2.75, 3.05) is 13.1 Å². The van der Waals surface area contributed by atoms with Gasteiger partial charge in [-0.25, -0.2) is 4.79 Å². The number of phenolic OH excluding ortho intramolecular Hbond substituents is 1. The lowest BCUT2D eigenvalue weighted by Crippen LogP contribution is -2.61. The maximum Gasteiger partial charge on any atom is 0.326 e. The maximum absolute atomic E-state index is 14.9. The van der Waals surface area contributed by atoms with E-state index in [1.165, 1.54) is 38.1 Å². The van der Waals surface area contributed by atoms with Gasteiger partial charge in [0.1, 0.15) is 54.1 Å².